The molecule has 1 aliphatic heterocycles. The van der Waals surface area contributed by atoms with E-state index >= 15 is 0 Å². The summed E-state index contributed by atoms with van der Waals surface area (Å²) >= 11 is 0. The highest BCUT2D eigenvalue weighted by Gasteiger charge is 2.31. The van der Waals surface area contributed by atoms with Crippen molar-refractivity contribution in [1.82, 2.24) is 16.2 Å². The van der Waals surface area contributed by atoms with Crippen LogP contribution < -0.4 is 25.6 Å². The van der Waals surface area contributed by atoms with E-state index in [-0.39, 0.29) is 18.0 Å². The summed E-state index contributed by atoms with van der Waals surface area (Å²) in [6.45, 7) is 4.38. The summed E-state index contributed by atoms with van der Waals surface area (Å²) < 4.78 is 10.6. The quantitative estimate of drug-likeness (QED) is 0.571. The zero-order chi connectivity index (χ0) is 21.0. The van der Waals surface area contributed by atoms with Gasteiger partial charge in [0.25, 0.3) is 0 Å². The van der Waals surface area contributed by atoms with E-state index in [0.29, 0.717) is 36.6 Å². The number of methoxy groups -OCH3 is 2. The number of aromatic hydroxyl groups is 1. The Balaban J connectivity index is 1.53. The summed E-state index contributed by atoms with van der Waals surface area (Å²) in [6, 6.07) is 9.17. The van der Waals surface area contributed by atoms with Crippen LogP contribution in [-0.4, -0.2) is 37.8 Å². The first-order valence-electron chi connectivity index (χ1n) is 9.73. The maximum absolute atomic E-state index is 12.5. The van der Waals surface area contributed by atoms with E-state index in [1.54, 1.807) is 14.2 Å². The highest BCUT2D eigenvalue weighted by atomic mass is 16.5. The fourth-order valence-electron chi connectivity index (χ4n) is 3.52. The molecule has 0 aliphatic carbocycles. The first-order valence-corrected chi connectivity index (χ1v) is 9.73. The SMILES string of the molecule is COc1ccc(CCNC(=O)C2CC(c3ccc(C)c(C)c3O)NN2)cc1OC. The van der Waals surface area contributed by atoms with Gasteiger partial charge in [0, 0.05) is 12.1 Å². The molecule has 4 N–H and O–H groups in total. The molecule has 1 aliphatic rings. The average Bonchev–Trinajstić information content (AvgIpc) is 3.22. The number of nitrogens with one attached hydrogen (secondary N) is 3. The van der Waals surface area contributed by atoms with Crippen molar-refractivity contribution in [2.45, 2.75) is 38.8 Å². The molecule has 0 aromatic heterocycles. The number of carbonyl (C=O) groups excluding carboxylic acids is 1. The summed E-state index contributed by atoms with van der Waals surface area (Å²) in [7, 11) is 3.21. The number of hydrazine groups is 1. The summed E-state index contributed by atoms with van der Waals surface area (Å²) in [5.74, 6) is 1.58. The molecular formula is C22H29N3O4. The van der Waals surface area contributed by atoms with E-state index in [4.69, 9.17) is 9.47 Å². The highest BCUT2D eigenvalue weighted by Crippen LogP contribution is 2.33. The van der Waals surface area contributed by atoms with Gasteiger partial charge in [0.05, 0.1) is 20.3 Å². The molecule has 0 bridgehead atoms. The molecule has 1 amide bonds. The third-order valence-corrected chi connectivity index (χ3v) is 5.49. The van der Waals surface area contributed by atoms with Gasteiger partial charge >= 0.3 is 0 Å². The molecular weight excluding hydrogens is 370 g/mol. The molecule has 156 valence electrons. The molecule has 2 aromatic carbocycles. The van der Waals surface area contributed by atoms with Gasteiger partial charge < -0.3 is 19.9 Å². The van der Waals surface area contributed by atoms with Gasteiger partial charge in [-0.3, -0.25) is 4.79 Å². The van der Waals surface area contributed by atoms with Crippen LogP contribution in [0.3, 0.4) is 0 Å². The Morgan fingerprint density at radius 3 is 2.62 bits per heavy atom. The number of amides is 1. The number of carbonyl (C=O) groups is 1. The second-order valence-electron chi connectivity index (χ2n) is 7.31. The second kappa shape index (κ2) is 9.15. The van der Waals surface area contributed by atoms with Crippen molar-refractivity contribution >= 4 is 5.91 Å². The predicted octanol–water partition coefficient (Wildman–Crippen LogP) is 2.29. The van der Waals surface area contributed by atoms with Crippen LogP contribution in [-0.2, 0) is 11.2 Å². The van der Waals surface area contributed by atoms with Crippen molar-refractivity contribution in [3.63, 3.8) is 0 Å². The Hall–Kier alpha value is -2.77. The molecule has 0 radical (unpaired) electrons. The molecule has 2 aromatic rings. The van der Waals surface area contributed by atoms with Crippen LogP contribution in [0.15, 0.2) is 30.3 Å². The average molecular weight is 399 g/mol. The molecule has 2 atom stereocenters. The Morgan fingerprint density at radius 2 is 1.90 bits per heavy atom. The predicted molar refractivity (Wildman–Crippen MR) is 111 cm³/mol. The molecule has 1 saturated heterocycles. The Kier molecular flexibility index (Phi) is 6.61. The standard InChI is InChI=1S/C22H29N3O4/c1-13-5-7-16(21(26)14(13)2)17-12-18(25-24-17)22(27)23-10-9-15-6-8-19(28-3)20(11-15)29-4/h5-8,11,17-18,24-26H,9-10,12H2,1-4H3,(H,23,27). The summed E-state index contributed by atoms with van der Waals surface area (Å²) in [6.07, 6.45) is 1.26. The molecule has 7 nitrogen and oxygen atoms in total. The van der Waals surface area contributed by atoms with E-state index in [1.807, 2.05) is 44.2 Å². The zero-order valence-electron chi connectivity index (χ0n) is 17.3. The number of rotatable bonds is 7. The van der Waals surface area contributed by atoms with E-state index in [9.17, 15) is 9.90 Å². The second-order valence-corrected chi connectivity index (χ2v) is 7.31. The largest absolute Gasteiger partial charge is 0.507 e. The maximum atomic E-state index is 12.5. The van der Waals surface area contributed by atoms with Gasteiger partial charge in [0.1, 0.15) is 11.8 Å². The molecule has 0 saturated carbocycles. The monoisotopic (exact) mass is 399 g/mol. The van der Waals surface area contributed by atoms with Crippen LogP contribution in [0.5, 0.6) is 17.2 Å². The number of aryl methyl sites for hydroxylation is 1. The van der Waals surface area contributed by atoms with Crippen LogP contribution in [0, 0.1) is 13.8 Å². The van der Waals surface area contributed by atoms with Gasteiger partial charge in [-0.05, 0) is 55.5 Å². The van der Waals surface area contributed by atoms with Crippen molar-refractivity contribution in [3.8, 4) is 17.2 Å². The van der Waals surface area contributed by atoms with E-state index < -0.39 is 0 Å². The van der Waals surface area contributed by atoms with Crippen molar-refractivity contribution < 1.29 is 19.4 Å². The molecule has 7 heteroatoms. The maximum Gasteiger partial charge on any atom is 0.238 e. The van der Waals surface area contributed by atoms with E-state index in [1.165, 1.54) is 0 Å². The minimum Gasteiger partial charge on any atom is -0.507 e. The van der Waals surface area contributed by atoms with E-state index in [2.05, 4.69) is 16.2 Å². The van der Waals surface area contributed by atoms with Gasteiger partial charge in [-0.1, -0.05) is 18.2 Å². The zero-order valence-corrected chi connectivity index (χ0v) is 17.3. The number of phenols is 1. The minimum atomic E-state index is -0.355. The minimum absolute atomic E-state index is 0.0659. The Bertz CT molecular complexity index is 885. The van der Waals surface area contributed by atoms with Crippen LogP contribution in [0.25, 0.3) is 0 Å². The fourth-order valence-corrected chi connectivity index (χ4v) is 3.52. The third-order valence-electron chi connectivity index (χ3n) is 5.49. The first-order chi connectivity index (χ1) is 13.9. The lowest BCUT2D eigenvalue weighted by molar-refractivity contribution is -0.122. The number of benzene rings is 2. The molecule has 29 heavy (non-hydrogen) atoms. The lowest BCUT2D eigenvalue weighted by atomic mass is 9.96. The number of ether oxygens (including phenoxy) is 2. The first kappa shape index (κ1) is 21.0. The molecule has 1 fully saturated rings. The van der Waals surface area contributed by atoms with Gasteiger partial charge in [-0.2, -0.15) is 0 Å². The smallest absolute Gasteiger partial charge is 0.238 e. The van der Waals surface area contributed by atoms with Gasteiger partial charge in [-0.25, -0.2) is 10.9 Å². The van der Waals surface area contributed by atoms with Crippen LogP contribution in [0.1, 0.15) is 34.7 Å². The topological polar surface area (TPSA) is 91.9 Å². The summed E-state index contributed by atoms with van der Waals surface area (Å²) in [5.41, 5.74) is 9.94. The Morgan fingerprint density at radius 1 is 1.14 bits per heavy atom. The lowest BCUT2D eigenvalue weighted by Crippen LogP contribution is -2.43. The van der Waals surface area contributed by atoms with Gasteiger partial charge in [0.2, 0.25) is 5.91 Å². The lowest BCUT2D eigenvalue weighted by Gasteiger charge is -2.15. The normalized spacial score (nSPS) is 18.5. The molecule has 2 unspecified atom stereocenters. The number of phenolic OH excluding ortho intramolecular Hbond substituents is 1. The van der Waals surface area contributed by atoms with Crippen molar-refractivity contribution in [1.29, 1.82) is 0 Å². The number of hydrogen-bond acceptors (Lipinski definition) is 6. The van der Waals surface area contributed by atoms with Crippen LogP contribution >= 0.6 is 0 Å². The van der Waals surface area contributed by atoms with Crippen molar-refractivity contribution in [2.24, 2.45) is 0 Å². The van der Waals surface area contributed by atoms with Crippen molar-refractivity contribution in [3.05, 3.63) is 52.6 Å². The third kappa shape index (κ3) is 4.63. The number of hydrogen-bond donors (Lipinski definition) is 4. The van der Waals surface area contributed by atoms with Gasteiger partial charge in [-0.15, -0.1) is 0 Å². The summed E-state index contributed by atoms with van der Waals surface area (Å²) in [5, 5.41) is 13.4. The molecule has 1 heterocycles. The van der Waals surface area contributed by atoms with Crippen LogP contribution in [0.2, 0.25) is 0 Å². The van der Waals surface area contributed by atoms with Crippen molar-refractivity contribution in [2.75, 3.05) is 20.8 Å². The highest BCUT2D eigenvalue weighted by molar-refractivity contribution is 5.82. The van der Waals surface area contributed by atoms with Gasteiger partial charge in [0.15, 0.2) is 11.5 Å². The van der Waals surface area contributed by atoms with E-state index in [0.717, 1.165) is 22.3 Å². The molecule has 0 spiro atoms. The fraction of sp³-hybridized carbons (Fsp3) is 0.409. The summed E-state index contributed by atoms with van der Waals surface area (Å²) in [4.78, 5) is 12.5. The van der Waals surface area contributed by atoms with Crippen LogP contribution in [0.4, 0.5) is 0 Å². The Labute approximate surface area is 171 Å². The molecule has 3 rings (SSSR count).